The lowest BCUT2D eigenvalue weighted by Gasteiger charge is -2.13. The maximum absolute atomic E-state index is 11.9. The molecule has 0 aliphatic rings. The monoisotopic (exact) mass is 328 g/mol. The van der Waals surface area contributed by atoms with Gasteiger partial charge in [0.1, 0.15) is 0 Å². The van der Waals surface area contributed by atoms with Gasteiger partial charge in [0.15, 0.2) is 0 Å². The molecule has 1 aromatic carbocycles. The largest absolute Gasteiger partial charge is 0.379 e. The van der Waals surface area contributed by atoms with E-state index in [9.17, 15) is 4.79 Å². The number of thiophene rings is 1. The Morgan fingerprint density at radius 2 is 2.00 bits per heavy atom. The Labute approximate surface area is 132 Å². The molecule has 20 heavy (non-hydrogen) atoms. The molecule has 0 aliphatic heterocycles. The molecule has 0 atom stereocenters. The fourth-order valence-corrected chi connectivity index (χ4v) is 2.89. The van der Waals surface area contributed by atoms with Crippen molar-refractivity contribution in [2.45, 2.75) is 6.54 Å². The van der Waals surface area contributed by atoms with Crippen LogP contribution in [0.25, 0.3) is 0 Å². The quantitative estimate of drug-likeness (QED) is 0.903. The van der Waals surface area contributed by atoms with E-state index in [1.807, 2.05) is 12.1 Å². The molecule has 2 aromatic rings. The number of amides is 1. The Morgan fingerprint density at radius 3 is 2.60 bits per heavy atom. The molecule has 1 amide bonds. The first-order chi connectivity index (χ1) is 9.47. The summed E-state index contributed by atoms with van der Waals surface area (Å²) in [6.45, 7) is 0.622. The smallest absolute Gasteiger partial charge is 0.253 e. The molecule has 106 valence electrons. The highest BCUT2D eigenvalue weighted by atomic mass is 35.5. The Morgan fingerprint density at radius 1 is 1.25 bits per heavy atom. The number of hydrogen-bond acceptors (Lipinski definition) is 3. The van der Waals surface area contributed by atoms with Gasteiger partial charge in [0, 0.05) is 31.1 Å². The van der Waals surface area contributed by atoms with Gasteiger partial charge >= 0.3 is 0 Å². The van der Waals surface area contributed by atoms with Gasteiger partial charge in [-0.2, -0.15) is 0 Å². The van der Waals surface area contributed by atoms with E-state index in [2.05, 4.69) is 5.32 Å². The van der Waals surface area contributed by atoms with Gasteiger partial charge in [0.25, 0.3) is 5.91 Å². The molecule has 0 bridgehead atoms. The van der Waals surface area contributed by atoms with Gasteiger partial charge in [-0.1, -0.05) is 23.2 Å². The fraction of sp³-hybridized carbons (Fsp3) is 0.214. The van der Waals surface area contributed by atoms with Crippen LogP contribution in [0.4, 0.5) is 5.69 Å². The van der Waals surface area contributed by atoms with Gasteiger partial charge in [-0.3, -0.25) is 4.79 Å². The first-order valence-electron chi connectivity index (χ1n) is 5.96. The van der Waals surface area contributed by atoms with Crippen LogP contribution in [-0.4, -0.2) is 24.9 Å². The zero-order valence-corrected chi connectivity index (χ0v) is 13.4. The van der Waals surface area contributed by atoms with Gasteiger partial charge < -0.3 is 10.2 Å². The molecule has 0 aliphatic carbocycles. The third kappa shape index (κ3) is 3.66. The third-order valence-electron chi connectivity index (χ3n) is 2.70. The predicted octanol–water partition coefficient (Wildman–Crippen LogP) is 4.37. The highest BCUT2D eigenvalue weighted by Crippen LogP contribution is 2.26. The van der Waals surface area contributed by atoms with Crippen LogP contribution < -0.4 is 5.32 Å². The summed E-state index contributed by atoms with van der Waals surface area (Å²) in [6.07, 6.45) is 0. The van der Waals surface area contributed by atoms with E-state index in [1.165, 1.54) is 16.2 Å². The second-order valence-corrected chi connectivity index (χ2v) is 6.66. The Balaban J connectivity index is 2.14. The summed E-state index contributed by atoms with van der Waals surface area (Å²) in [6, 6.07) is 9.03. The van der Waals surface area contributed by atoms with Crippen LogP contribution in [0.5, 0.6) is 0 Å². The van der Waals surface area contributed by atoms with Gasteiger partial charge in [0.2, 0.25) is 0 Å². The molecular weight excluding hydrogens is 315 g/mol. The summed E-state index contributed by atoms with van der Waals surface area (Å²) in [5.41, 5.74) is 1.34. The molecule has 0 unspecified atom stereocenters. The number of carbonyl (C=O) groups excluding carboxylic acids is 1. The van der Waals surface area contributed by atoms with Gasteiger partial charge in [0.05, 0.1) is 15.0 Å². The van der Waals surface area contributed by atoms with Crippen LogP contribution >= 0.6 is 34.5 Å². The van der Waals surface area contributed by atoms with E-state index < -0.39 is 0 Å². The normalized spacial score (nSPS) is 10.4. The van der Waals surface area contributed by atoms with Crippen molar-refractivity contribution in [1.29, 1.82) is 0 Å². The molecule has 6 heteroatoms. The summed E-state index contributed by atoms with van der Waals surface area (Å²) in [5.74, 6) is -0.0520. The number of nitrogens with zero attached hydrogens (tertiary/aromatic N) is 1. The molecule has 1 heterocycles. The minimum Gasteiger partial charge on any atom is -0.379 e. The minimum absolute atomic E-state index is 0.0520. The lowest BCUT2D eigenvalue weighted by molar-refractivity contribution is 0.0827. The fourth-order valence-electron chi connectivity index (χ4n) is 1.68. The van der Waals surface area contributed by atoms with Crippen LogP contribution in [0.2, 0.25) is 9.36 Å². The molecule has 1 aromatic heterocycles. The first-order valence-corrected chi connectivity index (χ1v) is 7.54. The number of nitrogens with one attached hydrogen (secondary N) is 1. The van der Waals surface area contributed by atoms with Gasteiger partial charge in [-0.05, 0) is 30.3 Å². The van der Waals surface area contributed by atoms with E-state index in [0.717, 1.165) is 14.9 Å². The summed E-state index contributed by atoms with van der Waals surface area (Å²) in [7, 11) is 3.44. The van der Waals surface area contributed by atoms with Crippen molar-refractivity contribution in [3.63, 3.8) is 0 Å². The van der Waals surface area contributed by atoms with Crippen molar-refractivity contribution in [3.05, 3.63) is 50.1 Å². The number of rotatable bonds is 4. The summed E-state index contributed by atoms with van der Waals surface area (Å²) < 4.78 is 0.754. The van der Waals surface area contributed by atoms with E-state index >= 15 is 0 Å². The Kier molecular flexibility index (Phi) is 4.91. The van der Waals surface area contributed by atoms with Crippen molar-refractivity contribution < 1.29 is 4.79 Å². The van der Waals surface area contributed by atoms with Gasteiger partial charge in [-0.25, -0.2) is 0 Å². The van der Waals surface area contributed by atoms with Crippen LogP contribution in [0, 0.1) is 0 Å². The molecule has 0 fully saturated rings. The molecule has 0 saturated heterocycles. The minimum atomic E-state index is -0.0520. The topological polar surface area (TPSA) is 32.3 Å². The van der Waals surface area contributed by atoms with Crippen molar-refractivity contribution in [2.24, 2.45) is 0 Å². The average Bonchev–Trinajstić information content (AvgIpc) is 2.82. The summed E-state index contributed by atoms with van der Waals surface area (Å²) in [4.78, 5) is 14.6. The highest BCUT2D eigenvalue weighted by Gasteiger charge is 2.10. The second-order valence-electron chi connectivity index (χ2n) is 4.45. The highest BCUT2D eigenvalue weighted by molar-refractivity contribution is 7.16. The Bertz CT molecular complexity index is 625. The zero-order chi connectivity index (χ0) is 14.7. The molecule has 2 rings (SSSR count). The van der Waals surface area contributed by atoms with E-state index in [0.29, 0.717) is 17.1 Å². The molecule has 3 nitrogen and oxygen atoms in total. The van der Waals surface area contributed by atoms with E-state index in [-0.39, 0.29) is 5.91 Å². The van der Waals surface area contributed by atoms with Crippen molar-refractivity contribution in [1.82, 2.24) is 4.90 Å². The maximum atomic E-state index is 11.9. The van der Waals surface area contributed by atoms with Crippen LogP contribution in [0.15, 0.2) is 30.3 Å². The standard InChI is InChI=1S/C14H14Cl2N2OS/c1-18(2)14(19)9-3-5-11(15)12(7-9)17-8-10-4-6-13(16)20-10/h3-7,17H,8H2,1-2H3. The van der Waals surface area contributed by atoms with Crippen LogP contribution in [0.3, 0.4) is 0 Å². The SMILES string of the molecule is CN(C)C(=O)c1ccc(Cl)c(NCc2ccc(Cl)s2)c1. The van der Waals surface area contributed by atoms with Crippen LogP contribution in [-0.2, 0) is 6.54 Å². The number of carbonyl (C=O) groups is 1. The van der Waals surface area contributed by atoms with Crippen LogP contribution in [0.1, 0.15) is 15.2 Å². The average molecular weight is 329 g/mol. The molecule has 1 N–H and O–H groups in total. The van der Waals surface area contributed by atoms with E-state index in [1.54, 1.807) is 32.3 Å². The first kappa shape index (κ1) is 15.2. The number of anilines is 1. The van der Waals surface area contributed by atoms with Crippen molar-refractivity contribution in [3.8, 4) is 0 Å². The zero-order valence-electron chi connectivity index (χ0n) is 11.1. The lowest BCUT2D eigenvalue weighted by atomic mass is 10.2. The summed E-state index contributed by atoms with van der Waals surface area (Å²) in [5, 5.41) is 3.81. The summed E-state index contributed by atoms with van der Waals surface area (Å²) >= 11 is 13.5. The van der Waals surface area contributed by atoms with Gasteiger partial charge in [-0.15, -0.1) is 11.3 Å². The Hall–Kier alpha value is -1.23. The molecule has 0 spiro atoms. The van der Waals surface area contributed by atoms with E-state index in [4.69, 9.17) is 23.2 Å². The number of halogens is 2. The number of benzene rings is 1. The van der Waals surface area contributed by atoms with Crippen molar-refractivity contribution in [2.75, 3.05) is 19.4 Å². The predicted molar refractivity (Wildman–Crippen MR) is 86.1 cm³/mol. The second kappa shape index (κ2) is 6.48. The lowest BCUT2D eigenvalue weighted by Crippen LogP contribution is -2.21. The molecule has 0 radical (unpaired) electrons. The number of hydrogen-bond donors (Lipinski definition) is 1. The molecular formula is C14H14Cl2N2OS. The third-order valence-corrected chi connectivity index (χ3v) is 4.26. The van der Waals surface area contributed by atoms with Crippen molar-refractivity contribution >= 4 is 46.1 Å². The maximum Gasteiger partial charge on any atom is 0.253 e. The molecule has 0 saturated carbocycles.